The number of nitrogens with one attached hydrogen (secondary N) is 1. The number of unbranched alkanes of at least 4 members (excludes halogenated alkanes) is 1. The quantitative estimate of drug-likeness (QED) is 0.581. The summed E-state index contributed by atoms with van der Waals surface area (Å²) in [7, 11) is 1.67. The van der Waals surface area contributed by atoms with Gasteiger partial charge in [0.25, 0.3) is 0 Å². The predicted molar refractivity (Wildman–Crippen MR) is 103 cm³/mol. The summed E-state index contributed by atoms with van der Waals surface area (Å²) in [5, 5.41) is 4.52. The van der Waals surface area contributed by atoms with Crippen LogP contribution in [0.4, 0.5) is 11.4 Å². The minimum Gasteiger partial charge on any atom is -0.497 e. The van der Waals surface area contributed by atoms with E-state index in [2.05, 4.69) is 17.2 Å². The van der Waals surface area contributed by atoms with Gasteiger partial charge >= 0.3 is 0 Å². The van der Waals surface area contributed by atoms with Gasteiger partial charge in [0.2, 0.25) is 0 Å². The van der Waals surface area contributed by atoms with Crippen molar-refractivity contribution in [2.45, 2.75) is 26.7 Å². The van der Waals surface area contributed by atoms with Crippen LogP contribution in [0, 0.1) is 6.92 Å². The normalized spacial score (nSPS) is 10.7. The molecule has 3 aromatic rings. The number of nitrogens with zero attached hydrogens (tertiary/aromatic N) is 1. The third kappa shape index (κ3) is 4.21. The number of hydrogen-bond acceptors (Lipinski definition) is 4. The topological polar surface area (TPSA) is 43.4 Å². The Bertz CT molecular complexity index is 844. The zero-order chi connectivity index (χ0) is 17.6. The summed E-state index contributed by atoms with van der Waals surface area (Å²) in [5.41, 5.74) is 3.95. The second kappa shape index (κ2) is 7.88. The molecule has 0 saturated heterocycles. The van der Waals surface area contributed by atoms with Gasteiger partial charge in [-0.05, 0) is 61.9 Å². The molecule has 1 heterocycles. The van der Waals surface area contributed by atoms with Gasteiger partial charge in [-0.3, -0.25) is 4.98 Å². The highest BCUT2D eigenvalue weighted by atomic mass is 16.5. The Balaban J connectivity index is 1.84. The summed E-state index contributed by atoms with van der Waals surface area (Å²) >= 11 is 0. The average molecular weight is 336 g/mol. The van der Waals surface area contributed by atoms with E-state index in [-0.39, 0.29) is 0 Å². The van der Waals surface area contributed by atoms with E-state index in [9.17, 15) is 0 Å². The molecule has 0 aliphatic heterocycles. The highest BCUT2D eigenvalue weighted by molar-refractivity contribution is 5.94. The molecule has 0 aliphatic rings. The molecule has 0 bridgehead atoms. The number of rotatable bonds is 7. The lowest BCUT2D eigenvalue weighted by atomic mass is 10.1. The smallest absolute Gasteiger partial charge is 0.119 e. The fourth-order valence-corrected chi connectivity index (χ4v) is 2.69. The summed E-state index contributed by atoms with van der Waals surface area (Å²) in [4.78, 5) is 4.59. The molecule has 0 saturated carbocycles. The van der Waals surface area contributed by atoms with E-state index in [1.54, 1.807) is 7.11 Å². The lowest BCUT2D eigenvalue weighted by Gasteiger charge is -2.12. The second-order valence-electron chi connectivity index (χ2n) is 6.05. The molecule has 25 heavy (non-hydrogen) atoms. The van der Waals surface area contributed by atoms with Crippen LogP contribution in [-0.4, -0.2) is 18.7 Å². The number of aromatic nitrogens is 1. The second-order valence-corrected chi connectivity index (χ2v) is 6.05. The lowest BCUT2D eigenvalue weighted by Crippen LogP contribution is -1.97. The van der Waals surface area contributed by atoms with E-state index in [4.69, 9.17) is 9.47 Å². The number of hydrogen-bond donors (Lipinski definition) is 1. The van der Waals surface area contributed by atoms with Crippen molar-refractivity contribution in [3.63, 3.8) is 0 Å². The fraction of sp³-hybridized carbons (Fsp3) is 0.286. The molecule has 0 fully saturated rings. The summed E-state index contributed by atoms with van der Waals surface area (Å²) in [6.07, 6.45) is 2.21. The first kappa shape index (κ1) is 17.1. The zero-order valence-corrected chi connectivity index (χ0v) is 15.0. The summed E-state index contributed by atoms with van der Waals surface area (Å²) in [6, 6.07) is 16.0. The third-order valence-electron chi connectivity index (χ3n) is 4.04. The zero-order valence-electron chi connectivity index (χ0n) is 15.0. The summed E-state index contributed by atoms with van der Waals surface area (Å²) in [5.74, 6) is 1.72. The van der Waals surface area contributed by atoms with Crippen molar-refractivity contribution in [1.29, 1.82) is 0 Å². The predicted octanol–water partition coefficient (Wildman–Crippen LogP) is 5.47. The average Bonchev–Trinajstić information content (AvgIpc) is 2.63. The van der Waals surface area contributed by atoms with E-state index in [0.29, 0.717) is 0 Å². The number of methoxy groups -OCH3 is 1. The largest absolute Gasteiger partial charge is 0.497 e. The molecule has 4 heteroatoms. The van der Waals surface area contributed by atoms with Gasteiger partial charge in [-0.25, -0.2) is 0 Å². The molecule has 130 valence electrons. The first-order valence-electron chi connectivity index (χ1n) is 8.65. The van der Waals surface area contributed by atoms with Gasteiger partial charge < -0.3 is 14.8 Å². The van der Waals surface area contributed by atoms with Gasteiger partial charge in [0, 0.05) is 22.5 Å². The van der Waals surface area contributed by atoms with Crippen LogP contribution in [0.3, 0.4) is 0 Å². The number of benzene rings is 2. The van der Waals surface area contributed by atoms with E-state index in [1.165, 1.54) is 0 Å². The van der Waals surface area contributed by atoms with Gasteiger partial charge in [0.15, 0.2) is 0 Å². The third-order valence-corrected chi connectivity index (χ3v) is 4.04. The Morgan fingerprint density at radius 1 is 1.00 bits per heavy atom. The van der Waals surface area contributed by atoms with Crippen LogP contribution < -0.4 is 14.8 Å². The lowest BCUT2D eigenvalue weighted by molar-refractivity contribution is 0.309. The van der Waals surface area contributed by atoms with Crippen molar-refractivity contribution < 1.29 is 9.47 Å². The van der Waals surface area contributed by atoms with E-state index < -0.39 is 0 Å². The van der Waals surface area contributed by atoms with Crippen LogP contribution in [0.1, 0.15) is 25.5 Å². The molecule has 0 aliphatic carbocycles. The van der Waals surface area contributed by atoms with Crippen LogP contribution in [0.5, 0.6) is 11.5 Å². The first-order valence-corrected chi connectivity index (χ1v) is 8.65. The maximum atomic E-state index is 5.72. The van der Waals surface area contributed by atoms with Crippen LogP contribution in [0.2, 0.25) is 0 Å². The maximum absolute atomic E-state index is 5.72. The monoisotopic (exact) mass is 336 g/mol. The van der Waals surface area contributed by atoms with Crippen LogP contribution in [0.15, 0.2) is 48.5 Å². The minimum atomic E-state index is 0.761. The van der Waals surface area contributed by atoms with Gasteiger partial charge in [-0.2, -0.15) is 0 Å². The Kier molecular flexibility index (Phi) is 5.39. The Hall–Kier alpha value is -2.75. The van der Waals surface area contributed by atoms with Crippen molar-refractivity contribution in [2.75, 3.05) is 19.0 Å². The number of pyridine rings is 1. The van der Waals surface area contributed by atoms with Crippen LogP contribution in [-0.2, 0) is 0 Å². The first-order chi connectivity index (χ1) is 12.2. The molecule has 1 aromatic heterocycles. The van der Waals surface area contributed by atoms with Crippen LogP contribution in [0.25, 0.3) is 10.9 Å². The van der Waals surface area contributed by atoms with Crippen molar-refractivity contribution in [3.8, 4) is 11.5 Å². The molecule has 1 N–H and O–H groups in total. The molecule has 4 nitrogen and oxygen atoms in total. The highest BCUT2D eigenvalue weighted by Gasteiger charge is 2.06. The van der Waals surface area contributed by atoms with Crippen LogP contribution >= 0.6 is 0 Å². The van der Waals surface area contributed by atoms with E-state index in [0.717, 1.165) is 58.9 Å². The molecule has 3 rings (SSSR count). The number of anilines is 2. The molecular weight excluding hydrogens is 312 g/mol. The van der Waals surface area contributed by atoms with Crippen molar-refractivity contribution in [1.82, 2.24) is 4.98 Å². The molecule has 0 unspecified atom stereocenters. The van der Waals surface area contributed by atoms with Gasteiger partial charge in [0.05, 0.1) is 19.2 Å². The maximum Gasteiger partial charge on any atom is 0.119 e. The molecular formula is C21H24N2O2. The molecule has 2 aromatic carbocycles. The fourth-order valence-electron chi connectivity index (χ4n) is 2.69. The Morgan fingerprint density at radius 3 is 2.48 bits per heavy atom. The Labute approximate surface area is 148 Å². The molecule has 0 radical (unpaired) electrons. The van der Waals surface area contributed by atoms with E-state index in [1.807, 2.05) is 55.5 Å². The van der Waals surface area contributed by atoms with Gasteiger partial charge in [-0.15, -0.1) is 0 Å². The SMILES string of the molecule is CCCCOc1ccc(Nc2cc(C)nc3ccc(OC)cc23)cc1. The van der Waals surface area contributed by atoms with Crippen molar-refractivity contribution >= 4 is 22.3 Å². The van der Waals surface area contributed by atoms with Gasteiger partial charge in [-0.1, -0.05) is 13.3 Å². The molecule has 0 spiro atoms. The van der Waals surface area contributed by atoms with Crippen molar-refractivity contribution in [2.24, 2.45) is 0 Å². The number of aryl methyl sites for hydroxylation is 1. The van der Waals surface area contributed by atoms with E-state index >= 15 is 0 Å². The minimum absolute atomic E-state index is 0.761. The number of ether oxygens (including phenoxy) is 2. The molecule has 0 amide bonds. The molecule has 0 atom stereocenters. The number of fused-ring (bicyclic) bond motifs is 1. The standard InChI is InChI=1S/C21H24N2O2/c1-4-5-12-25-17-8-6-16(7-9-17)23-21-13-15(2)22-20-11-10-18(24-3)14-19(20)21/h6-11,13-14H,4-5,12H2,1-3H3,(H,22,23). The van der Waals surface area contributed by atoms with Crippen molar-refractivity contribution in [3.05, 3.63) is 54.2 Å². The Morgan fingerprint density at radius 2 is 1.76 bits per heavy atom. The summed E-state index contributed by atoms with van der Waals surface area (Å²) in [6.45, 7) is 4.92. The summed E-state index contributed by atoms with van der Waals surface area (Å²) < 4.78 is 11.1. The highest BCUT2D eigenvalue weighted by Crippen LogP contribution is 2.30. The van der Waals surface area contributed by atoms with Gasteiger partial charge in [0.1, 0.15) is 11.5 Å².